The molecule has 28 heavy (non-hydrogen) atoms. The van der Waals surface area contributed by atoms with Gasteiger partial charge in [-0.05, 0) is 41.8 Å². The van der Waals surface area contributed by atoms with Gasteiger partial charge in [0, 0.05) is 6.04 Å². The SMILES string of the molecule is COc1ccc(CC(=O)NC(CC(=O)O)Cc2ccc(C(F)(F)F)cc2)cc1. The van der Waals surface area contributed by atoms with Crippen molar-refractivity contribution in [3.63, 3.8) is 0 Å². The molecule has 1 atom stereocenters. The molecule has 0 aliphatic carbocycles. The monoisotopic (exact) mass is 395 g/mol. The second-order valence-corrected chi connectivity index (χ2v) is 6.29. The molecule has 2 N–H and O–H groups in total. The highest BCUT2D eigenvalue weighted by molar-refractivity contribution is 5.79. The molecule has 0 radical (unpaired) electrons. The maximum atomic E-state index is 12.6. The maximum absolute atomic E-state index is 12.6. The van der Waals surface area contributed by atoms with Gasteiger partial charge in [0.25, 0.3) is 0 Å². The number of methoxy groups -OCH3 is 1. The van der Waals surface area contributed by atoms with Crippen molar-refractivity contribution >= 4 is 11.9 Å². The first kappa shape index (κ1) is 21.3. The predicted octanol–water partition coefficient (Wildman–Crippen LogP) is 3.46. The molecular formula is C20H20F3NO4. The smallest absolute Gasteiger partial charge is 0.416 e. The molecule has 2 aromatic rings. The molecule has 0 fully saturated rings. The molecule has 1 unspecified atom stereocenters. The normalized spacial score (nSPS) is 12.3. The standard InChI is InChI=1S/C20H20F3NO4/c1-28-17-8-4-14(5-9-17)11-18(25)24-16(12-19(26)27)10-13-2-6-15(7-3-13)20(21,22)23/h2-9,16H,10-12H2,1H3,(H,24,25)(H,26,27). The molecule has 2 rings (SSSR count). The Labute approximate surface area is 160 Å². The number of carboxylic acids is 1. The van der Waals surface area contributed by atoms with E-state index in [0.29, 0.717) is 11.3 Å². The van der Waals surface area contributed by atoms with E-state index < -0.39 is 23.8 Å². The van der Waals surface area contributed by atoms with Crippen molar-refractivity contribution in [1.82, 2.24) is 5.32 Å². The number of amides is 1. The third-order valence-corrected chi connectivity index (χ3v) is 4.07. The average Bonchev–Trinajstić information content (AvgIpc) is 2.61. The lowest BCUT2D eigenvalue weighted by atomic mass is 10.0. The van der Waals surface area contributed by atoms with Crippen LogP contribution in [0, 0.1) is 0 Å². The minimum Gasteiger partial charge on any atom is -0.497 e. The zero-order valence-corrected chi connectivity index (χ0v) is 15.1. The van der Waals surface area contributed by atoms with Crippen molar-refractivity contribution in [2.24, 2.45) is 0 Å². The molecule has 0 saturated carbocycles. The first-order valence-electron chi connectivity index (χ1n) is 8.47. The quantitative estimate of drug-likeness (QED) is 0.718. The van der Waals surface area contributed by atoms with Crippen molar-refractivity contribution in [2.45, 2.75) is 31.5 Å². The Hall–Kier alpha value is -3.03. The summed E-state index contributed by atoms with van der Waals surface area (Å²) in [6.45, 7) is 0. The van der Waals surface area contributed by atoms with Gasteiger partial charge < -0.3 is 15.2 Å². The summed E-state index contributed by atoms with van der Waals surface area (Å²) in [5, 5.41) is 11.7. The van der Waals surface area contributed by atoms with Gasteiger partial charge in [0.15, 0.2) is 0 Å². The number of carboxylic acid groups (broad SMARTS) is 1. The number of aliphatic carboxylic acids is 1. The van der Waals surface area contributed by atoms with Crippen LogP contribution in [-0.2, 0) is 28.6 Å². The van der Waals surface area contributed by atoms with Crippen molar-refractivity contribution in [3.8, 4) is 5.75 Å². The summed E-state index contributed by atoms with van der Waals surface area (Å²) < 4.78 is 43.0. The average molecular weight is 395 g/mol. The third kappa shape index (κ3) is 6.61. The molecular weight excluding hydrogens is 375 g/mol. The number of hydrogen-bond acceptors (Lipinski definition) is 3. The summed E-state index contributed by atoms with van der Waals surface area (Å²) in [5.74, 6) is -0.833. The molecule has 0 spiro atoms. The predicted molar refractivity (Wildman–Crippen MR) is 96.0 cm³/mol. The number of rotatable bonds is 8. The van der Waals surface area contributed by atoms with Gasteiger partial charge in [0.2, 0.25) is 5.91 Å². The molecule has 8 heteroatoms. The van der Waals surface area contributed by atoms with Gasteiger partial charge in [-0.1, -0.05) is 24.3 Å². The van der Waals surface area contributed by atoms with E-state index in [4.69, 9.17) is 9.84 Å². The van der Waals surface area contributed by atoms with Gasteiger partial charge >= 0.3 is 12.1 Å². The number of halogens is 3. The summed E-state index contributed by atoms with van der Waals surface area (Å²) in [4.78, 5) is 23.3. The minimum absolute atomic E-state index is 0.0487. The fourth-order valence-electron chi connectivity index (χ4n) is 2.71. The van der Waals surface area contributed by atoms with Gasteiger partial charge in [-0.3, -0.25) is 9.59 Å². The van der Waals surface area contributed by atoms with Crippen LogP contribution in [0.25, 0.3) is 0 Å². The summed E-state index contributed by atoms with van der Waals surface area (Å²) >= 11 is 0. The summed E-state index contributed by atoms with van der Waals surface area (Å²) in [6, 6.07) is 10.6. The van der Waals surface area contributed by atoms with Crippen LogP contribution >= 0.6 is 0 Å². The Bertz CT molecular complexity index is 802. The Morgan fingerprint density at radius 3 is 2.11 bits per heavy atom. The molecule has 0 aliphatic heterocycles. The third-order valence-electron chi connectivity index (χ3n) is 4.07. The van der Waals surface area contributed by atoms with Gasteiger partial charge in [-0.15, -0.1) is 0 Å². The van der Waals surface area contributed by atoms with E-state index >= 15 is 0 Å². The number of alkyl halides is 3. The van der Waals surface area contributed by atoms with Crippen LogP contribution in [0.5, 0.6) is 5.75 Å². The summed E-state index contributed by atoms with van der Waals surface area (Å²) in [5.41, 5.74) is 0.445. The first-order valence-corrected chi connectivity index (χ1v) is 8.47. The molecule has 0 heterocycles. The molecule has 5 nitrogen and oxygen atoms in total. The van der Waals surface area contributed by atoms with Gasteiger partial charge in [-0.2, -0.15) is 13.2 Å². The lowest BCUT2D eigenvalue weighted by molar-refractivity contribution is -0.138. The highest BCUT2D eigenvalue weighted by atomic mass is 19.4. The highest BCUT2D eigenvalue weighted by Gasteiger charge is 2.30. The molecule has 2 aromatic carbocycles. The number of carbonyl (C=O) groups is 2. The van der Waals surface area contributed by atoms with Gasteiger partial charge in [0.05, 0.1) is 25.5 Å². The van der Waals surface area contributed by atoms with E-state index in [1.54, 1.807) is 24.3 Å². The number of carbonyl (C=O) groups excluding carboxylic acids is 1. The van der Waals surface area contributed by atoms with E-state index in [0.717, 1.165) is 17.7 Å². The second-order valence-electron chi connectivity index (χ2n) is 6.29. The van der Waals surface area contributed by atoms with E-state index in [2.05, 4.69) is 5.32 Å². The fraction of sp³-hybridized carbons (Fsp3) is 0.300. The fourth-order valence-corrected chi connectivity index (χ4v) is 2.71. The van der Waals surface area contributed by atoms with Crippen molar-refractivity contribution < 1.29 is 32.6 Å². The van der Waals surface area contributed by atoms with Crippen molar-refractivity contribution in [1.29, 1.82) is 0 Å². The Kier molecular flexibility index (Phi) is 7.03. The van der Waals surface area contributed by atoms with E-state index in [1.807, 2.05) is 0 Å². The second kappa shape index (κ2) is 9.25. The van der Waals surface area contributed by atoms with Gasteiger partial charge in [0.1, 0.15) is 5.75 Å². The van der Waals surface area contributed by atoms with E-state index in [-0.39, 0.29) is 25.2 Å². The molecule has 150 valence electrons. The van der Waals surface area contributed by atoms with Crippen LogP contribution in [-0.4, -0.2) is 30.1 Å². The van der Waals surface area contributed by atoms with Crippen LogP contribution in [0.3, 0.4) is 0 Å². The van der Waals surface area contributed by atoms with Crippen LogP contribution in [0.15, 0.2) is 48.5 Å². The minimum atomic E-state index is -4.44. The lowest BCUT2D eigenvalue weighted by Crippen LogP contribution is -2.39. The number of ether oxygens (including phenoxy) is 1. The number of hydrogen-bond donors (Lipinski definition) is 2. The zero-order chi connectivity index (χ0) is 20.7. The largest absolute Gasteiger partial charge is 0.497 e. The van der Waals surface area contributed by atoms with Crippen LogP contribution in [0.1, 0.15) is 23.1 Å². The highest BCUT2D eigenvalue weighted by Crippen LogP contribution is 2.29. The topological polar surface area (TPSA) is 75.6 Å². The Morgan fingerprint density at radius 1 is 1.04 bits per heavy atom. The summed E-state index contributed by atoms with van der Waals surface area (Å²) in [7, 11) is 1.53. The number of benzene rings is 2. The van der Waals surface area contributed by atoms with Crippen molar-refractivity contribution in [2.75, 3.05) is 7.11 Å². The first-order chi connectivity index (χ1) is 13.2. The molecule has 0 bridgehead atoms. The Balaban J connectivity index is 2.01. The zero-order valence-electron chi connectivity index (χ0n) is 15.1. The number of nitrogens with one attached hydrogen (secondary N) is 1. The lowest BCUT2D eigenvalue weighted by Gasteiger charge is -2.18. The van der Waals surface area contributed by atoms with Crippen LogP contribution in [0.2, 0.25) is 0 Å². The molecule has 0 aliphatic rings. The molecule has 0 aromatic heterocycles. The summed E-state index contributed by atoms with van der Waals surface area (Å²) in [6.07, 6.45) is -4.62. The van der Waals surface area contributed by atoms with Gasteiger partial charge in [-0.25, -0.2) is 0 Å². The molecule has 1 amide bonds. The van der Waals surface area contributed by atoms with Crippen molar-refractivity contribution in [3.05, 3.63) is 65.2 Å². The molecule has 0 saturated heterocycles. The maximum Gasteiger partial charge on any atom is 0.416 e. The van der Waals surface area contributed by atoms with Crippen LogP contribution < -0.4 is 10.1 Å². The Morgan fingerprint density at radius 2 is 1.61 bits per heavy atom. The van der Waals surface area contributed by atoms with E-state index in [9.17, 15) is 22.8 Å². The van der Waals surface area contributed by atoms with Crippen LogP contribution in [0.4, 0.5) is 13.2 Å². The van der Waals surface area contributed by atoms with E-state index in [1.165, 1.54) is 19.2 Å².